The molecule has 292 valence electrons. The lowest BCUT2D eigenvalue weighted by atomic mass is 9.90. The molecular formula is C42H43ClN10O3S. The second kappa shape index (κ2) is 15.3. The molecule has 0 aliphatic carbocycles. The molecule has 2 saturated heterocycles. The summed E-state index contributed by atoms with van der Waals surface area (Å²) in [6, 6.07) is 13.1. The van der Waals surface area contributed by atoms with E-state index in [1.165, 1.54) is 0 Å². The fourth-order valence-corrected chi connectivity index (χ4v) is 10.1. The maximum atomic E-state index is 13.3. The zero-order valence-electron chi connectivity index (χ0n) is 32.0. The average molecular weight is 803 g/mol. The van der Waals surface area contributed by atoms with Crippen molar-refractivity contribution in [2.75, 3.05) is 25.0 Å². The van der Waals surface area contributed by atoms with Gasteiger partial charge in [0, 0.05) is 83.7 Å². The van der Waals surface area contributed by atoms with Gasteiger partial charge in [0.15, 0.2) is 5.82 Å². The molecular weight excluding hydrogens is 760 g/mol. The highest BCUT2D eigenvalue weighted by molar-refractivity contribution is 8.09. The molecule has 0 bridgehead atoms. The van der Waals surface area contributed by atoms with Gasteiger partial charge < -0.3 is 15.1 Å². The largest absolute Gasteiger partial charge is 0.382 e. The van der Waals surface area contributed by atoms with Crippen LogP contribution in [0.25, 0.3) is 5.03 Å². The Kier molecular flexibility index (Phi) is 10.0. The van der Waals surface area contributed by atoms with Gasteiger partial charge in [-0.25, -0.2) is 0 Å². The first kappa shape index (κ1) is 37.4. The van der Waals surface area contributed by atoms with Gasteiger partial charge in [0.25, 0.3) is 5.91 Å². The summed E-state index contributed by atoms with van der Waals surface area (Å²) in [5.74, 6) is 7.93. The summed E-state index contributed by atoms with van der Waals surface area (Å²) in [7, 11) is 0. The molecule has 5 aliphatic heterocycles. The van der Waals surface area contributed by atoms with E-state index in [1.807, 2.05) is 66.5 Å². The number of aryl methyl sites for hydroxylation is 1. The number of imide groups is 1. The number of aromatic nitrogens is 5. The Morgan fingerprint density at radius 3 is 2.61 bits per heavy atom. The van der Waals surface area contributed by atoms with E-state index in [1.54, 1.807) is 16.7 Å². The first-order valence-corrected chi connectivity index (χ1v) is 20.8. The predicted molar refractivity (Wildman–Crippen MR) is 220 cm³/mol. The molecule has 2 aromatic carbocycles. The van der Waals surface area contributed by atoms with Gasteiger partial charge in [-0.15, -0.1) is 10.2 Å². The SMILES string of the molecule is Cc1nnc2n1C1=C(C(c3ccc(Cl)cc3)=N[C@H]2C)C(C)C(C#Cc2cnn(CCN3CCC(Nc4cccc5c4CN(C4CCC(=O)NC4=O)C5=O)CC3)c2)S1. The number of likely N-dealkylation sites (tertiary alicyclic amines) is 1. The van der Waals surface area contributed by atoms with E-state index in [4.69, 9.17) is 16.6 Å². The molecule has 2 N–H and O–H groups in total. The van der Waals surface area contributed by atoms with Crippen molar-refractivity contribution in [2.45, 2.75) is 82.9 Å². The minimum absolute atomic E-state index is 0.00974. The molecule has 57 heavy (non-hydrogen) atoms. The number of fused-ring (bicyclic) bond motifs is 3. The van der Waals surface area contributed by atoms with E-state index >= 15 is 0 Å². The van der Waals surface area contributed by atoms with Crippen LogP contribution in [0.2, 0.25) is 5.02 Å². The Hall–Kier alpha value is -5.23. The highest BCUT2D eigenvalue weighted by Gasteiger charge is 2.41. The molecule has 0 saturated carbocycles. The van der Waals surface area contributed by atoms with E-state index < -0.39 is 11.9 Å². The minimum atomic E-state index is -0.623. The highest BCUT2D eigenvalue weighted by Crippen LogP contribution is 2.49. The molecule has 0 spiro atoms. The number of hydrogen-bond acceptors (Lipinski definition) is 10. The molecule has 13 nitrogen and oxygen atoms in total. The van der Waals surface area contributed by atoms with Crippen molar-refractivity contribution in [2.24, 2.45) is 10.9 Å². The average Bonchev–Trinajstić information content (AvgIpc) is 3.97. The van der Waals surface area contributed by atoms with Crippen molar-refractivity contribution in [3.05, 3.63) is 99.4 Å². The van der Waals surface area contributed by atoms with Gasteiger partial charge in [0.2, 0.25) is 11.8 Å². The Labute approximate surface area is 340 Å². The van der Waals surface area contributed by atoms with Crippen LogP contribution in [-0.2, 0) is 22.7 Å². The van der Waals surface area contributed by atoms with E-state index in [0.717, 1.165) is 89.4 Å². The molecule has 3 unspecified atom stereocenters. The summed E-state index contributed by atoms with van der Waals surface area (Å²) in [6.07, 6.45) is 6.42. The number of hydrogen-bond donors (Lipinski definition) is 2. The Morgan fingerprint density at radius 2 is 1.82 bits per heavy atom. The maximum absolute atomic E-state index is 13.3. The summed E-state index contributed by atoms with van der Waals surface area (Å²) in [5.41, 5.74) is 6.51. The Bertz CT molecular complexity index is 2400. The first-order valence-electron chi connectivity index (χ1n) is 19.6. The number of allylic oxidation sites excluding steroid dienone is 1. The lowest BCUT2D eigenvalue weighted by Crippen LogP contribution is -2.52. The van der Waals surface area contributed by atoms with Gasteiger partial charge in [-0.3, -0.25) is 33.9 Å². The van der Waals surface area contributed by atoms with E-state index in [2.05, 4.69) is 61.1 Å². The monoisotopic (exact) mass is 802 g/mol. The fourth-order valence-electron chi connectivity index (χ4n) is 8.53. The second-order valence-electron chi connectivity index (χ2n) is 15.4. The number of carbonyl (C=O) groups is 3. The van der Waals surface area contributed by atoms with Crippen LogP contribution in [0.4, 0.5) is 5.69 Å². The molecule has 9 rings (SSSR count). The summed E-state index contributed by atoms with van der Waals surface area (Å²) < 4.78 is 4.13. The van der Waals surface area contributed by atoms with Crippen LogP contribution in [0.1, 0.15) is 84.3 Å². The number of aliphatic imine (C=N–C) groups is 1. The zero-order valence-corrected chi connectivity index (χ0v) is 33.6. The van der Waals surface area contributed by atoms with Gasteiger partial charge in [-0.2, -0.15) is 5.10 Å². The number of rotatable bonds is 7. The van der Waals surface area contributed by atoms with Crippen LogP contribution in [0.3, 0.4) is 0 Å². The number of halogens is 1. The second-order valence-corrected chi connectivity index (χ2v) is 17.0. The van der Waals surface area contributed by atoms with Gasteiger partial charge >= 0.3 is 0 Å². The van der Waals surface area contributed by atoms with Gasteiger partial charge in [0.05, 0.1) is 34.3 Å². The van der Waals surface area contributed by atoms with Crippen LogP contribution in [-0.4, -0.2) is 94.7 Å². The van der Waals surface area contributed by atoms with Crippen molar-refractivity contribution in [1.29, 1.82) is 0 Å². The predicted octanol–water partition coefficient (Wildman–Crippen LogP) is 5.31. The zero-order chi connectivity index (χ0) is 39.4. The van der Waals surface area contributed by atoms with E-state index in [9.17, 15) is 14.4 Å². The molecule has 5 aliphatic rings. The van der Waals surface area contributed by atoms with Crippen molar-refractivity contribution >= 4 is 57.5 Å². The number of thioether (sulfide) groups is 1. The summed E-state index contributed by atoms with van der Waals surface area (Å²) >= 11 is 8.00. The number of carbonyl (C=O) groups excluding carboxylic acids is 3. The summed E-state index contributed by atoms with van der Waals surface area (Å²) in [4.78, 5) is 46.7. The number of anilines is 1. The number of amides is 3. The van der Waals surface area contributed by atoms with Crippen molar-refractivity contribution in [3.8, 4) is 11.8 Å². The first-order chi connectivity index (χ1) is 27.6. The third-order valence-electron chi connectivity index (χ3n) is 11.7. The van der Waals surface area contributed by atoms with Crippen LogP contribution in [0.15, 0.2) is 65.4 Å². The number of nitrogens with one attached hydrogen (secondary N) is 2. The van der Waals surface area contributed by atoms with Crippen molar-refractivity contribution in [3.63, 3.8) is 0 Å². The molecule has 15 heteroatoms. The summed E-state index contributed by atoms with van der Waals surface area (Å²) in [6.45, 7) is 10.2. The number of piperidine rings is 2. The molecule has 7 heterocycles. The highest BCUT2D eigenvalue weighted by atomic mass is 35.5. The lowest BCUT2D eigenvalue weighted by Gasteiger charge is -2.33. The molecule has 0 radical (unpaired) electrons. The van der Waals surface area contributed by atoms with E-state index in [-0.39, 0.29) is 41.5 Å². The normalized spacial score (nSPS) is 23.7. The smallest absolute Gasteiger partial charge is 0.255 e. The molecule has 4 aromatic rings. The summed E-state index contributed by atoms with van der Waals surface area (Å²) in [5, 5.41) is 21.4. The topological polar surface area (TPSA) is 143 Å². The quantitative estimate of drug-likeness (QED) is 0.188. The van der Waals surface area contributed by atoms with E-state index in [0.29, 0.717) is 23.6 Å². The standard InChI is InChI=1S/C42H43ClN10O3S/c1-24-35(57-42-37(24)38(28-8-10-29(43)11-9-28)45-25(2)39-49-48-26(3)53(39)42)13-7-27-21-44-51(22-27)20-19-50-17-15-30(16-18-50)46-33-6-4-5-31-32(33)23-52(41(31)56)34-12-14-36(54)47-40(34)55/h4-6,8-11,21-22,24-25,30,34-35,46H,12,14-20,23H2,1-3H3,(H,47,54,55)/t24?,25-,34?,35?/m0/s1. The van der Waals surface area contributed by atoms with Gasteiger partial charge in [0.1, 0.15) is 17.9 Å². The van der Waals surface area contributed by atoms with Crippen molar-refractivity contribution in [1.82, 2.24) is 39.7 Å². The molecule has 2 aromatic heterocycles. The molecule has 3 amide bonds. The fraction of sp³-hybridized carbons (Fsp3) is 0.405. The maximum Gasteiger partial charge on any atom is 0.255 e. The van der Waals surface area contributed by atoms with Crippen LogP contribution in [0, 0.1) is 24.7 Å². The number of benzene rings is 2. The Morgan fingerprint density at radius 1 is 1.02 bits per heavy atom. The van der Waals surface area contributed by atoms with Gasteiger partial charge in [-0.05, 0) is 57.4 Å². The third-order valence-corrected chi connectivity index (χ3v) is 13.3. The lowest BCUT2D eigenvalue weighted by molar-refractivity contribution is -0.136. The molecule has 4 atom stereocenters. The minimum Gasteiger partial charge on any atom is -0.382 e. The van der Waals surface area contributed by atoms with Crippen LogP contribution >= 0.6 is 23.4 Å². The van der Waals surface area contributed by atoms with Crippen LogP contribution in [0.5, 0.6) is 0 Å². The Balaban J connectivity index is 0.802. The van der Waals surface area contributed by atoms with Crippen molar-refractivity contribution < 1.29 is 14.4 Å². The number of nitrogens with zero attached hydrogens (tertiary/aromatic N) is 8. The third kappa shape index (κ3) is 7.17. The van der Waals surface area contributed by atoms with Crippen LogP contribution < -0.4 is 10.6 Å². The van der Waals surface area contributed by atoms with Gasteiger partial charge in [-0.1, -0.05) is 60.3 Å². The molecule has 2 fully saturated rings.